The summed E-state index contributed by atoms with van der Waals surface area (Å²) in [5.41, 5.74) is 1.69. The number of hydrogen-bond acceptors (Lipinski definition) is 3. The van der Waals surface area contributed by atoms with Gasteiger partial charge in [0.1, 0.15) is 0 Å². The maximum Gasteiger partial charge on any atom is 0.254 e. The van der Waals surface area contributed by atoms with Crippen molar-refractivity contribution in [3.63, 3.8) is 0 Å². The van der Waals surface area contributed by atoms with Crippen molar-refractivity contribution in [2.24, 2.45) is 0 Å². The molecule has 0 radical (unpaired) electrons. The van der Waals surface area contributed by atoms with Gasteiger partial charge in [0.05, 0.1) is 12.5 Å². The number of nitriles is 1. The quantitative estimate of drug-likeness (QED) is 0.353. The topological polar surface area (TPSA) is 47.3 Å². The van der Waals surface area contributed by atoms with Crippen LogP contribution in [0.2, 0.25) is 0 Å². The Bertz CT molecular complexity index is 679. The molecule has 2 rings (SSSR count). The van der Waals surface area contributed by atoms with Gasteiger partial charge in [0.15, 0.2) is 0 Å². The third-order valence-corrected chi connectivity index (χ3v) is 6.66. The summed E-state index contributed by atoms with van der Waals surface area (Å²) in [6.45, 7) is 9.58. The minimum Gasteiger partial charge on any atom is -0.333 e. The second-order valence-electron chi connectivity index (χ2n) is 9.36. The number of carbonyl (C=O) groups excluding carboxylic acids is 1. The fourth-order valence-electron chi connectivity index (χ4n) is 4.62. The number of nitrogens with zero attached hydrogens (tertiary/aromatic N) is 3. The van der Waals surface area contributed by atoms with Crippen molar-refractivity contribution in [2.45, 2.75) is 103 Å². The van der Waals surface area contributed by atoms with E-state index in [0.29, 0.717) is 12.5 Å². The number of unbranched alkanes of at least 4 members (excludes halogenated alkanes) is 9. The molecule has 0 aromatic heterocycles. The Morgan fingerprint density at radius 2 is 1.48 bits per heavy atom. The molecule has 31 heavy (non-hydrogen) atoms. The molecule has 0 saturated carbocycles. The summed E-state index contributed by atoms with van der Waals surface area (Å²) in [6.07, 6.45) is 14.1. The predicted octanol–water partition coefficient (Wildman–Crippen LogP) is 6.21. The van der Waals surface area contributed by atoms with Gasteiger partial charge in [0.2, 0.25) is 0 Å². The zero-order valence-corrected chi connectivity index (χ0v) is 20.1. The lowest BCUT2D eigenvalue weighted by Crippen LogP contribution is -2.58. The highest BCUT2D eigenvalue weighted by Crippen LogP contribution is 2.20. The Labute approximate surface area is 190 Å². The molecule has 172 valence electrons. The van der Waals surface area contributed by atoms with Crippen molar-refractivity contribution < 1.29 is 4.79 Å². The third-order valence-electron chi connectivity index (χ3n) is 6.66. The molecule has 4 nitrogen and oxygen atoms in total. The molecule has 1 amide bonds. The summed E-state index contributed by atoms with van der Waals surface area (Å²) in [5.74, 6) is 0.112. The summed E-state index contributed by atoms with van der Waals surface area (Å²) in [6, 6.07) is 10.3. The maximum atomic E-state index is 13.0. The largest absolute Gasteiger partial charge is 0.333 e. The van der Waals surface area contributed by atoms with Gasteiger partial charge >= 0.3 is 0 Å². The summed E-state index contributed by atoms with van der Waals surface area (Å²) in [5, 5.41) is 8.81. The number of carbonyl (C=O) groups is 1. The number of amides is 1. The van der Waals surface area contributed by atoms with E-state index in [-0.39, 0.29) is 11.9 Å². The highest BCUT2D eigenvalue weighted by molar-refractivity contribution is 5.94. The van der Waals surface area contributed by atoms with E-state index >= 15 is 0 Å². The molecule has 0 bridgehead atoms. The van der Waals surface area contributed by atoms with E-state index in [1.54, 1.807) is 0 Å². The standard InChI is InChI=1S/C27H43N3O/c1-4-5-6-7-8-9-10-11-12-13-20-29-21-24(3)30(22-23(29)2)27(31)26-16-14-25(15-17-26)18-19-28/h14-17,23-24H,4-13,18,20-22H2,1-3H3/t23-,24+/m0/s1. The van der Waals surface area contributed by atoms with E-state index in [1.165, 1.54) is 64.2 Å². The van der Waals surface area contributed by atoms with Gasteiger partial charge in [0.25, 0.3) is 5.91 Å². The van der Waals surface area contributed by atoms with Crippen LogP contribution in [0.15, 0.2) is 24.3 Å². The number of hydrogen-bond donors (Lipinski definition) is 0. The highest BCUT2D eigenvalue weighted by atomic mass is 16.2. The van der Waals surface area contributed by atoms with Gasteiger partial charge in [-0.1, -0.05) is 76.8 Å². The normalized spacial score (nSPS) is 19.4. The Hall–Kier alpha value is -1.86. The van der Waals surface area contributed by atoms with Crippen LogP contribution in [0, 0.1) is 11.3 Å². The van der Waals surface area contributed by atoms with Crippen LogP contribution >= 0.6 is 0 Å². The molecule has 1 heterocycles. The fraction of sp³-hybridized carbons (Fsp3) is 0.704. The second-order valence-corrected chi connectivity index (χ2v) is 9.36. The van der Waals surface area contributed by atoms with E-state index < -0.39 is 0 Å². The summed E-state index contributed by atoms with van der Waals surface area (Å²) < 4.78 is 0. The van der Waals surface area contributed by atoms with Crippen LogP contribution in [-0.4, -0.2) is 47.4 Å². The zero-order valence-electron chi connectivity index (χ0n) is 20.1. The smallest absolute Gasteiger partial charge is 0.254 e. The van der Waals surface area contributed by atoms with Crippen molar-refractivity contribution in [3.8, 4) is 6.07 Å². The van der Waals surface area contributed by atoms with Crippen molar-refractivity contribution in [2.75, 3.05) is 19.6 Å². The Morgan fingerprint density at radius 3 is 2.06 bits per heavy atom. The van der Waals surface area contributed by atoms with Crippen LogP contribution in [0.5, 0.6) is 0 Å². The molecule has 4 heteroatoms. The fourth-order valence-corrected chi connectivity index (χ4v) is 4.62. The average Bonchev–Trinajstić information content (AvgIpc) is 2.77. The molecule has 0 N–H and O–H groups in total. The van der Waals surface area contributed by atoms with E-state index in [1.807, 2.05) is 29.2 Å². The zero-order chi connectivity index (χ0) is 22.5. The van der Waals surface area contributed by atoms with Gasteiger partial charge in [-0.05, 0) is 44.5 Å². The molecule has 0 spiro atoms. The molecule has 1 saturated heterocycles. The van der Waals surface area contributed by atoms with Crippen molar-refractivity contribution in [1.29, 1.82) is 5.26 Å². The van der Waals surface area contributed by atoms with E-state index in [4.69, 9.17) is 5.26 Å². The number of rotatable bonds is 13. The van der Waals surface area contributed by atoms with E-state index in [2.05, 4.69) is 31.7 Å². The second kappa shape index (κ2) is 14.2. The Balaban J connectivity index is 1.67. The van der Waals surface area contributed by atoms with Gasteiger partial charge in [-0.15, -0.1) is 0 Å². The Kier molecular flexibility index (Phi) is 11.7. The van der Waals surface area contributed by atoms with Crippen LogP contribution in [0.3, 0.4) is 0 Å². The molecular formula is C27H43N3O. The third kappa shape index (κ3) is 8.65. The SMILES string of the molecule is CCCCCCCCCCCCN1C[C@@H](C)N(C(=O)c2ccc(CC#N)cc2)C[C@@H]1C. The van der Waals surface area contributed by atoms with E-state index in [9.17, 15) is 4.79 Å². The first-order valence-corrected chi connectivity index (χ1v) is 12.6. The Morgan fingerprint density at radius 1 is 0.903 bits per heavy atom. The van der Waals surface area contributed by atoms with Crippen LogP contribution in [0.4, 0.5) is 0 Å². The van der Waals surface area contributed by atoms with Gasteiger partial charge in [-0.3, -0.25) is 9.69 Å². The minimum absolute atomic E-state index is 0.112. The molecule has 0 aliphatic carbocycles. The van der Waals surface area contributed by atoms with Crippen LogP contribution in [0.1, 0.15) is 101 Å². The van der Waals surface area contributed by atoms with Crippen molar-refractivity contribution in [3.05, 3.63) is 35.4 Å². The van der Waals surface area contributed by atoms with Gasteiger partial charge in [-0.25, -0.2) is 0 Å². The molecule has 2 atom stereocenters. The maximum absolute atomic E-state index is 13.0. The summed E-state index contributed by atoms with van der Waals surface area (Å²) >= 11 is 0. The molecule has 1 aromatic rings. The predicted molar refractivity (Wildman–Crippen MR) is 129 cm³/mol. The first-order valence-electron chi connectivity index (χ1n) is 12.6. The lowest BCUT2D eigenvalue weighted by Gasteiger charge is -2.44. The van der Waals surface area contributed by atoms with Crippen LogP contribution < -0.4 is 0 Å². The van der Waals surface area contributed by atoms with E-state index in [0.717, 1.165) is 30.8 Å². The van der Waals surface area contributed by atoms with Gasteiger partial charge in [0, 0.05) is 30.7 Å². The molecule has 1 aliphatic rings. The van der Waals surface area contributed by atoms with Crippen molar-refractivity contribution >= 4 is 5.91 Å². The molecule has 1 fully saturated rings. The highest BCUT2D eigenvalue weighted by Gasteiger charge is 2.32. The molecule has 1 aliphatic heterocycles. The van der Waals surface area contributed by atoms with Gasteiger partial charge in [-0.2, -0.15) is 5.26 Å². The summed E-state index contributed by atoms with van der Waals surface area (Å²) in [7, 11) is 0. The monoisotopic (exact) mass is 425 g/mol. The lowest BCUT2D eigenvalue weighted by molar-refractivity contribution is 0.0312. The van der Waals surface area contributed by atoms with Gasteiger partial charge < -0.3 is 4.90 Å². The van der Waals surface area contributed by atoms with Crippen LogP contribution in [-0.2, 0) is 6.42 Å². The molecule has 0 unspecified atom stereocenters. The molecular weight excluding hydrogens is 382 g/mol. The first kappa shape index (κ1) is 25.4. The molecule has 1 aromatic carbocycles. The number of benzene rings is 1. The first-order chi connectivity index (χ1) is 15.1. The van der Waals surface area contributed by atoms with Crippen LogP contribution in [0.25, 0.3) is 0 Å². The average molecular weight is 426 g/mol. The van der Waals surface area contributed by atoms with Crippen molar-refractivity contribution in [1.82, 2.24) is 9.80 Å². The summed E-state index contributed by atoms with van der Waals surface area (Å²) in [4.78, 5) is 17.6. The minimum atomic E-state index is 0.112. The number of piperazine rings is 1. The lowest BCUT2D eigenvalue weighted by atomic mass is 10.0.